The van der Waals surface area contributed by atoms with Gasteiger partial charge in [0, 0.05) is 49.2 Å². The lowest BCUT2D eigenvalue weighted by molar-refractivity contribution is -0.138. The molecule has 0 bridgehead atoms. The minimum absolute atomic E-state index is 0.0590. The Balaban J connectivity index is 1.38. The number of nitrogens with zero attached hydrogens (tertiary/aromatic N) is 2. The molecule has 6 rings (SSSR count). The van der Waals surface area contributed by atoms with E-state index in [9.17, 15) is 27.9 Å². The summed E-state index contributed by atoms with van der Waals surface area (Å²) >= 11 is 6.21. The predicted molar refractivity (Wildman–Crippen MR) is 183 cm³/mol. The maximum atomic E-state index is 14.1. The van der Waals surface area contributed by atoms with Gasteiger partial charge in [-0.25, -0.2) is 4.98 Å². The summed E-state index contributed by atoms with van der Waals surface area (Å²) in [5, 5.41) is 13.2. The molecule has 0 saturated carbocycles. The van der Waals surface area contributed by atoms with Crippen LogP contribution in [0.5, 0.6) is 0 Å². The fraction of sp³-hybridized carbons (Fsp3) is 0.342. The summed E-state index contributed by atoms with van der Waals surface area (Å²) in [5.41, 5.74) is 4.68. The topological polar surface area (TPSA) is 93.5 Å². The zero-order valence-electron chi connectivity index (χ0n) is 27.2. The summed E-state index contributed by atoms with van der Waals surface area (Å²) in [6, 6.07) is 19.8. The molecule has 49 heavy (non-hydrogen) atoms. The van der Waals surface area contributed by atoms with E-state index in [0.29, 0.717) is 47.4 Å². The molecule has 1 amide bonds. The summed E-state index contributed by atoms with van der Waals surface area (Å²) in [4.78, 5) is 29.9. The Kier molecular flexibility index (Phi) is 9.99. The van der Waals surface area contributed by atoms with Gasteiger partial charge < -0.3 is 19.7 Å². The number of fused-ring (bicyclic) bond motifs is 3. The number of benzene rings is 3. The second-order valence-electron chi connectivity index (χ2n) is 12.7. The summed E-state index contributed by atoms with van der Waals surface area (Å²) < 4.78 is 49.5. The molecule has 5 aromatic rings. The maximum absolute atomic E-state index is 14.1. The molecule has 1 aliphatic rings. The number of amides is 1. The lowest BCUT2D eigenvalue weighted by atomic mass is 9.80. The Bertz CT molecular complexity index is 2000. The molecule has 1 atom stereocenters. The van der Waals surface area contributed by atoms with Crippen molar-refractivity contribution in [2.75, 3.05) is 13.2 Å². The van der Waals surface area contributed by atoms with Crippen molar-refractivity contribution in [2.24, 2.45) is 5.92 Å². The van der Waals surface area contributed by atoms with Gasteiger partial charge in [-0.1, -0.05) is 66.2 Å². The standard InChI is InChI=1S/C38H37ClF3N3O4/c1-22-28(12-13-33(46)47)23(2)44-36-34(22)29-18-31(39)30(38(40,41)42)19-32(29)45(36)21-25-8-10-26(11-9-25)35(27-14-16-49-17-15-27)37(48)43-20-24-6-4-3-5-7-24/h3-11,18-19,27,35H,12-17,20-21H2,1-2H3,(H,43,48)(H,46,47). The minimum Gasteiger partial charge on any atom is -0.481 e. The quantitative estimate of drug-likeness (QED) is 0.154. The number of aromatic nitrogens is 2. The molecule has 1 fully saturated rings. The van der Waals surface area contributed by atoms with Gasteiger partial charge in [0.05, 0.1) is 22.0 Å². The van der Waals surface area contributed by atoms with Gasteiger partial charge in [-0.05, 0) is 79.0 Å². The number of carbonyl (C=O) groups excluding carboxylic acids is 1. The van der Waals surface area contributed by atoms with Crippen molar-refractivity contribution in [1.29, 1.82) is 0 Å². The highest BCUT2D eigenvalue weighted by Gasteiger charge is 2.35. The first kappa shape index (κ1) is 34.5. The van der Waals surface area contributed by atoms with E-state index < -0.39 is 22.7 Å². The molecule has 2 N–H and O–H groups in total. The van der Waals surface area contributed by atoms with Crippen molar-refractivity contribution in [3.63, 3.8) is 0 Å². The van der Waals surface area contributed by atoms with Crippen LogP contribution in [0.4, 0.5) is 13.2 Å². The average Bonchev–Trinajstić information content (AvgIpc) is 3.36. The number of hydrogen-bond donors (Lipinski definition) is 2. The van der Waals surface area contributed by atoms with Gasteiger partial charge in [-0.15, -0.1) is 0 Å². The molecule has 3 heterocycles. The Morgan fingerprint density at radius 1 is 1.04 bits per heavy atom. The van der Waals surface area contributed by atoms with Gasteiger partial charge in [-0.3, -0.25) is 9.59 Å². The SMILES string of the molecule is Cc1nc2c(c(C)c1CCC(=O)O)c1cc(Cl)c(C(F)(F)F)cc1n2Cc1ccc(C(C(=O)NCc2ccccc2)C2CCOCC2)cc1. The van der Waals surface area contributed by atoms with Crippen molar-refractivity contribution in [2.45, 2.75) is 64.7 Å². The molecular formula is C38H37ClF3N3O4. The normalized spacial score (nSPS) is 14.7. The third-order valence-corrected chi connectivity index (χ3v) is 9.88. The van der Waals surface area contributed by atoms with Crippen LogP contribution in [-0.2, 0) is 40.0 Å². The van der Waals surface area contributed by atoms with Gasteiger partial charge in [0.2, 0.25) is 5.91 Å². The van der Waals surface area contributed by atoms with E-state index >= 15 is 0 Å². The van der Waals surface area contributed by atoms with Crippen LogP contribution >= 0.6 is 11.6 Å². The number of carboxylic acid groups (broad SMARTS) is 1. The van der Waals surface area contributed by atoms with Crippen LogP contribution in [0.15, 0.2) is 66.7 Å². The van der Waals surface area contributed by atoms with Crippen LogP contribution in [0, 0.1) is 19.8 Å². The van der Waals surface area contributed by atoms with Gasteiger partial charge in [0.15, 0.2) is 0 Å². The number of pyridine rings is 1. The highest BCUT2D eigenvalue weighted by atomic mass is 35.5. The highest BCUT2D eigenvalue weighted by molar-refractivity contribution is 6.32. The fourth-order valence-corrected chi connectivity index (χ4v) is 7.33. The Labute approximate surface area is 287 Å². The molecule has 3 aromatic carbocycles. The van der Waals surface area contributed by atoms with Crippen LogP contribution in [0.1, 0.15) is 64.3 Å². The zero-order chi connectivity index (χ0) is 34.9. The maximum Gasteiger partial charge on any atom is 0.417 e. The van der Waals surface area contributed by atoms with Gasteiger partial charge in [0.1, 0.15) is 5.65 Å². The Morgan fingerprint density at radius 3 is 2.39 bits per heavy atom. The second-order valence-corrected chi connectivity index (χ2v) is 13.1. The summed E-state index contributed by atoms with van der Waals surface area (Å²) in [7, 11) is 0. The van der Waals surface area contributed by atoms with Gasteiger partial charge in [-0.2, -0.15) is 13.2 Å². The fourth-order valence-electron chi connectivity index (χ4n) is 7.06. The van der Waals surface area contributed by atoms with Gasteiger partial charge >= 0.3 is 12.1 Å². The van der Waals surface area contributed by atoms with E-state index in [0.717, 1.165) is 46.7 Å². The Morgan fingerprint density at radius 2 is 1.73 bits per heavy atom. The van der Waals surface area contributed by atoms with E-state index in [1.807, 2.05) is 61.5 Å². The molecule has 7 nitrogen and oxygen atoms in total. The minimum atomic E-state index is -4.67. The molecule has 1 aliphatic heterocycles. The van der Waals surface area contributed by atoms with Crippen molar-refractivity contribution < 1.29 is 32.6 Å². The number of hydrogen-bond acceptors (Lipinski definition) is 4. The average molecular weight is 692 g/mol. The lowest BCUT2D eigenvalue weighted by Gasteiger charge is -2.30. The van der Waals surface area contributed by atoms with E-state index in [4.69, 9.17) is 21.3 Å². The third kappa shape index (κ3) is 7.31. The smallest absolute Gasteiger partial charge is 0.417 e. The summed E-state index contributed by atoms with van der Waals surface area (Å²) in [6.45, 7) is 5.44. The van der Waals surface area contributed by atoms with Crippen LogP contribution in [0.25, 0.3) is 21.9 Å². The molecule has 0 aliphatic carbocycles. The number of carboxylic acids is 1. The van der Waals surface area contributed by atoms with E-state index in [1.165, 1.54) is 6.07 Å². The number of alkyl halides is 3. The number of ether oxygens (including phenoxy) is 1. The second kappa shape index (κ2) is 14.2. The molecule has 0 radical (unpaired) electrons. The van der Waals surface area contributed by atoms with Crippen molar-refractivity contribution >= 4 is 45.4 Å². The van der Waals surface area contributed by atoms with Crippen LogP contribution in [0.3, 0.4) is 0 Å². The largest absolute Gasteiger partial charge is 0.481 e. The highest BCUT2D eigenvalue weighted by Crippen LogP contribution is 2.42. The van der Waals surface area contributed by atoms with Crippen molar-refractivity contribution in [3.05, 3.63) is 111 Å². The van der Waals surface area contributed by atoms with Crippen LogP contribution < -0.4 is 5.32 Å². The van der Waals surface area contributed by atoms with E-state index in [-0.39, 0.29) is 37.1 Å². The first-order valence-corrected chi connectivity index (χ1v) is 16.7. The Hall–Kier alpha value is -4.41. The first-order valence-electron chi connectivity index (χ1n) is 16.3. The van der Waals surface area contributed by atoms with Crippen molar-refractivity contribution in [1.82, 2.24) is 14.9 Å². The molecule has 11 heteroatoms. The number of rotatable bonds is 10. The van der Waals surface area contributed by atoms with E-state index in [2.05, 4.69) is 5.32 Å². The number of aryl methyl sites for hydroxylation is 2. The number of halogens is 4. The lowest BCUT2D eigenvalue weighted by Crippen LogP contribution is -2.35. The monoisotopic (exact) mass is 691 g/mol. The van der Waals surface area contributed by atoms with Crippen molar-refractivity contribution in [3.8, 4) is 0 Å². The van der Waals surface area contributed by atoms with E-state index in [1.54, 1.807) is 11.5 Å². The molecule has 0 spiro atoms. The summed E-state index contributed by atoms with van der Waals surface area (Å²) in [5.74, 6) is -1.29. The molecular weight excluding hydrogens is 655 g/mol. The number of nitrogens with one attached hydrogen (secondary N) is 1. The molecule has 2 aromatic heterocycles. The summed E-state index contributed by atoms with van der Waals surface area (Å²) in [6.07, 6.45) is -3.01. The number of carbonyl (C=O) groups is 2. The zero-order valence-corrected chi connectivity index (χ0v) is 28.0. The molecule has 1 saturated heterocycles. The van der Waals surface area contributed by atoms with Crippen LogP contribution in [-0.4, -0.2) is 39.7 Å². The van der Waals surface area contributed by atoms with Crippen LogP contribution in [0.2, 0.25) is 5.02 Å². The predicted octanol–water partition coefficient (Wildman–Crippen LogP) is 8.37. The molecule has 1 unspecified atom stereocenters. The first-order chi connectivity index (χ1) is 23.4. The number of aliphatic carboxylic acids is 1. The molecule has 256 valence electrons. The van der Waals surface area contributed by atoms with Gasteiger partial charge in [0.25, 0.3) is 0 Å². The third-order valence-electron chi connectivity index (χ3n) is 9.57.